The Balaban J connectivity index is 2.51. The van der Waals surface area contributed by atoms with Crippen LogP contribution in [0.4, 0.5) is 0 Å². The Labute approximate surface area is 172 Å². The second-order valence-corrected chi connectivity index (χ2v) is 6.93. The summed E-state index contributed by atoms with van der Waals surface area (Å²) in [6.45, 7) is 5.75. The van der Waals surface area contributed by atoms with Crippen LogP contribution in [0.2, 0.25) is 0 Å². The molecule has 0 radical (unpaired) electrons. The number of rotatable bonds is 6. The molecule has 0 atom stereocenters. The van der Waals surface area contributed by atoms with Crippen molar-refractivity contribution in [3.05, 3.63) is 51.9 Å². The maximum atomic E-state index is 13.1. The summed E-state index contributed by atoms with van der Waals surface area (Å²) in [6, 6.07) is 6.60. The van der Waals surface area contributed by atoms with E-state index in [2.05, 4.69) is 9.98 Å². The first-order chi connectivity index (χ1) is 14.4. The van der Waals surface area contributed by atoms with E-state index in [1.54, 1.807) is 49.7 Å². The predicted octanol–water partition coefficient (Wildman–Crippen LogP) is 1.56. The minimum absolute atomic E-state index is 0.0317. The molecule has 3 aromatic rings. The predicted molar refractivity (Wildman–Crippen MR) is 110 cm³/mol. The van der Waals surface area contributed by atoms with Crippen LogP contribution >= 0.6 is 0 Å². The Morgan fingerprint density at radius 2 is 2.03 bits per heavy atom. The van der Waals surface area contributed by atoms with Crippen LogP contribution in [-0.4, -0.2) is 46.2 Å². The number of esters is 1. The van der Waals surface area contributed by atoms with Crippen molar-refractivity contribution in [1.82, 2.24) is 14.0 Å². The number of carbonyl (C=O) groups is 2. The Hall–Kier alpha value is -3.33. The van der Waals surface area contributed by atoms with Gasteiger partial charge in [0, 0.05) is 25.8 Å². The third-order valence-electron chi connectivity index (χ3n) is 4.51. The van der Waals surface area contributed by atoms with Crippen LogP contribution in [0.5, 0.6) is 0 Å². The zero-order valence-electron chi connectivity index (χ0n) is 17.4. The summed E-state index contributed by atoms with van der Waals surface area (Å²) in [6.07, 6.45) is 1.61. The zero-order valence-corrected chi connectivity index (χ0v) is 17.4. The number of aromatic nitrogens is 3. The van der Waals surface area contributed by atoms with Gasteiger partial charge in [-0.25, -0.2) is 9.78 Å². The highest BCUT2D eigenvalue weighted by Crippen LogP contribution is 2.12. The van der Waals surface area contributed by atoms with Crippen LogP contribution in [0.1, 0.15) is 31.1 Å². The molecule has 0 fully saturated rings. The van der Waals surface area contributed by atoms with Crippen molar-refractivity contribution < 1.29 is 19.1 Å². The smallest absolute Gasteiger partial charge is 0.341 e. The molecule has 1 amide bonds. The molecule has 0 spiro atoms. The van der Waals surface area contributed by atoms with E-state index in [9.17, 15) is 14.4 Å². The van der Waals surface area contributed by atoms with Crippen molar-refractivity contribution in [3.63, 3.8) is 0 Å². The summed E-state index contributed by atoms with van der Waals surface area (Å²) < 4.78 is 13.3. The van der Waals surface area contributed by atoms with Gasteiger partial charge in [-0.05, 0) is 25.1 Å². The topological polar surface area (TPSA) is 104 Å². The highest BCUT2D eigenvalue weighted by Gasteiger charge is 2.20. The van der Waals surface area contributed by atoms with E-state index < -0.39 is 11.9 Å². The molecule has 3 aromatic heterocycles. The first-order valence-electron chi connectivity index (χ1n) is 9.68. The van der Waals surface area contributed by atoms with E-state index >= 15 is 0 Å². The van der Waals surface area contributed by atoms with Crippen LogP contribution in [-0.2, 0) is 20.8 Å². The summed E-state index contributed by atoms with van der Waals surface area (Å²) >= 11 is 0. The highest BCUT2D eigenvalue weighted by atomic mass is 16.5. The van der Waals surface area contributed by atoms with Gasteiger partial charge in [0.15, 0.2) is 5.49 Å². The third-order valence-corrected chi connectivity index (χ3v) is 4.51. The summed E-state index contributed by atoms with van der Waals surface area (Å²) in [5.74, 6) is -1.44. The largest absolute Gasteiger partial charge is 0.462 e. The normalized spacial score (nSPS) is 12.1. The van der Waals surface area contributed by atoms with Gasteiger partial charge in [0.05, 0.1) is 18.6 Å². The highest BCUT2D eigenvalue weighted by molar-refractivity contribution is 5.93. The number of amides is 1. The molecule has 0 aliphatic rings. The lowest BCUT2D eigenvalue weighted by molar-refractivity contribution is -0.120. The Morgan fingerprint density at radius 3 is 2.70 bits per heavy atom. The molecule has 0 saturated heterocycles. The van der Waals surface area contributed by atoms with Crippen molar-refractivity contribution in [1.29, 1.82) is 0 Å². The fourth-order valence-corrected chi connectivity index (χ4v) is 2.99. The molecule has 30 heavy (non-hydrogen) atoms. The van der Waals surface area contributed by atoms with Crippen molar-refractivity contribution >= 4 is 28.6 Å². The monoisotopic (exact) mass is 412 g/mol. The molecule has 3 rings (SSSR count). The van der Waals surface area contributed by atoms with Crippen LogP contribution in [0.25, 0.3) is 16.7 Å². The summed E-state index contributed by atoms with van der Waals surface area (Å²) in [5, 5.41) is 0.216. The molecule has 0 aliphatic carbocycles. The molecule has 0 N–H and O–H groups in total. The quantitative estimate of drug-likeness (QED) is 0.449. The molecule has 0 unspecified atom stereocenters. The minimum atomic E-state index is -0.668. The van der Waals surface area contributed by atoms with E-state index in [1.165, 1.54) is 17.6 Å². The second kappa shape index (κ2) is 9.00. The number of hydrogen-bond acceptors (Lipinski definition) is 6. The van der Waals surface area contributed by atoms with Gasteiger partial charge in [-0.15, -0.1) is 0 Å². The Morgan fingerprint density at radius 1 is 1.27 bits per heavy atom. The number of hydrogen-bond donors (Lipinski definition) is 0. The van der Waals surface area contributed by atoms with Gasteiger partial charge in [-0.1, -0.05) is 19.9 Å². The lowest BCUT2D eigenvalue weighted by Gasteiger charge is -2.15. The molecule has 9 heteroatoms. The number of nitrogens with zero attached hydrogens (tertiary/aromatic N) is 4. The second-order valence-electron chi connectivity index (χ2n) is 6.93. The molecule has 3 heterocycles. The summed E-state index contributed by atoms with van der Waals surface area (Å²) in [7, 11) is 1.53. The number of methoxy groups -OCH3 is 1. The van der Waals surface area contributed by atoms with E-state index in [0.717, 1.165) is 0 Å². The van der Waals surface area contributed by atoms with Crippen molar-refractivity contribution in [2.75, 3.05) is 20.3 Å². The van der Waals surface area contributed by atoms with E-state index in [1.807, 2.05) is 0 Å². The van der Waals surface area contributed by atoms with Gasteiger partial charge in [-0.3, -0.25) is 14.0 Å². The third kappa shape index (κ3) is 4.02. The average molecular weight is 412 g/mol. The molecule has 158 valence electrons. The summed E-state index contributed by atoms with van der Waals surface area (Å²) in [5.41, 5.74) is 0.542. The van der Waals surface area contributed by atoms with Gasteiger partial charge < -0.3 is 14.0 Å². The first-order valence-corrected chi connectivity index (χ1v) is 9.68. The fourth-order valence-electron chi connectivity index (χ4n) is 2.99. The molecule has 0 aromatic carbocycles. The number of fused-ring (bicyclic) bond motifs is 2. The van der Waals surface area contributed by atoms with Gasteiger partial charge in [0.1, 0.15) is 16.9 Å². The molecule has 9 nitrogen and oxygen atoms in total. The van der Waals surface area contributed by atoms with E-state index in [-0.39, 0.29) is 47.7 Å². The van der Waals surface area contributed by atoms with Gasteiger partial charge in [-0.2, -0.15) is 4.99 Å². The van der Waals surface area contributed by atoms with Crippen molar-refractivity contribution in [3.8, 4) is 0 Å². The molecule has 0 saturated carbocycles. The molecule has 0 bridgehead atoms. The van der Waals surface area contributed by atoms with Gasteiger partial charge in [0.25, 0.3) is 5.56 Å². The molecular formula is C21H24N4O5. The van der Waals surface area contributed by atoms with Gasteiger partial charge >= 0.3 is 5.97 Å². The SMILES string of the molecule is CCOC(=O)c1cc2c(=O)n3ccccc3nc2n(CCOC)c1=NC(=O)C(C)C. The average Bonchev–Trinajstić information content (AvgIpc) is 2.73. The first kappa shape index (κ1) is 21.4. The standard InChI is InChI=1S/C21H24N4O5/c1-5-30-21(28)15-12-14-17(22-16-8-6-7-9-24(16)20(14)27)25(10-11-29-4)18(15)23-19(26)13(2)3/h6-9,12-13H,5,10-11H2,1-4H3. The molecular weight excluding hydrogens is 388 g/mol. The van der Waals surface area contributed by atoms with Gasteiger partial charge in [0.2, 0.25) is 5.91 Å². The van der Waals surface area contributed by atoms with E-state index in [0.29, 0.717) is 11.3 Å². The maximum Gasteiger partial charge on any atom is 0.341 e. The lowest BCUT2D eigenvalue weighted by Crippen LogP contribution is -2.34. The summed E-state index contributed by atoms with van der Waals surface area (Å²) in [4.78, 5) is 47.0. The lowest BCUT2D eigenvalue weighted by atomic mass is 10.2. The Kier molecular flexibility index (Phi) is 6.41. The zero-order chi connectivity index (χ0) is 21.8. The number of carbonyl (C=O) groups excluding carboxylic acids is 2. The Bertz CT molecular complexity index is 1240. The van der Waals surface area contributed by atoms with E-state index in [4.69, 9.17) is 9.47 Å². The fraction of sp³-hybridized carbons (Fsp3) is 0.381. The number of pyridine rings is 2. The van der Waals surface area contributed by atoms with Crippen LogP contribution < -0.4 is 11.0 Å². The van der Waals surface area contributed by atoms with Crippen molar-refractivity contribution in [2.45, 2.75) is 27.3 Å². The van der Waals surface area contributed by atoms with Crippen LogP contribution in [0.3, 0.4) is 0 Å². The van der Waals surface area contributed by atoms with Crippen molar-refractivity contribution in [2.24, 2.45) is 10.9 Å². The molecule has 0 aliphatic heterocycles. The minimum Gasteiger partial charge on any atom is -0.462 e. The maximum absolute atomic E-state index is 13.1. The number of ether oxygens (including phenoxy) is 2. The van der Waals surface area contributed by atoms with Crippen LogP contribution in [0.15, 0.2) is 40.2 Å². The van der Waals surface area contributed by atoms with Crippen LogP contribution in [0, 0.1) is 5.92 Å².